The van der Waals surface area contributed by atoms with Gasteiger partial charge in [0.25, 0.3) is 11.8 Å². The van der Waals surface area contributed by atoms with Gasteiger partial charge in [0.1, 0.15) is 18.0 Å². The van der Waals surface area contributed by atoms with Crippen LogP contribution in [0.2, 0.25) is 0 Å². The van der Waals surface area contributed by atoms with Crippen molar-refractivity contribution in [2.45, 2.75) is 57.8 Å². The molecule has 1 aromatic heterocycles. The van der Waals surface area contributed by atoms with E-state index in [9.17, 15) is 9.59 Å². The molecule has 1 saturated heterocycles. The van der Waals surface area contributed by atoms with Gasteiger partial charge in [0.2, 0.25) is 0 Å². The van der Waals surface area contributed by atoms with Crippen LogP contribution in [0.1, 0.15) is 44.9 Å². The van der Waals surface area contributed by atoms with E-state index in [1.54, 1.807) is 14.1 Å². The van der Waals surface area contributed by atoms with Gasteiger partial charge in [-0.2, -0.15) is 5.10 Å². The summed E-state index contributed by atoms with van der Waals surface area (Å²) < 4.78 is 7.53. The standard InChI is InChI=1S/C22H30N4O3/c1-22(2,3)18-13-19(26(24-18)14-15-9-7-6-8-10-15)23-20(27)16-11-12-17(29-16)21(28)25(4)5/h6-10,13,16-17H,11-12,14H2,1-5H3,(H,23,27)/t16-,17+/m0/s1. The SMILES string of the molecule is CN(C)C(=O)[C@H]1CC[C@@H](C(=O)Nc2cc(C(C)(C)C)nn2Cc2ccccc2)O1. The van der Waals surface area contributed by atoms with Crippen molar-refractivity contribution in [1.82, 2.24) is 14.7 Å². The van der Waals surface area contributed by atoms with E-state index in [1.807, 2.05) is 41.1 Å². The second-order valence-corrected chi connectivity index (χ2v) is 8.72. The molecule has 2 amide bonds. The zero-order valence-corrected chi connectivity index (χ0v) is 17.8. The summed E-state index contributed by atoms with van der Waals surface area (Å²) in [7, 11) is 3.38. The van der Waals surface area contributed by atoms with Crippen molar-refractivity contribution in [2.24, 2.45) is 0 Å². The maximum atomic E-state index is 12.8. The Balaban J connectivity index is 1.76. The summed E-state index contributed by atoms with van der Waals surface area (Å²) >= 11 is 0. The molecule has 1 N–H and O–H groups in total. The molecule has 0 spiro atoms. The number of carbonyl (C=O) groups excluding carboxylic acids is 2. The summed E-state index contributed by atoms with van der Waals surface area (Å²) in [5, 5.41) is 7.69. The van der Waals surface area contributed by atoms with Crippen molar-refractivity contribution in [1.29, 1.82) is 0 Å². The highest BCUT2D eigenvalue weighted by Crippen LogP contribution is 2.26. The fourth-order valence-corrected chi connectivity index (χ4v) is 3.27. The number of aromatic nitrogens is 2. The Morgan fingerprint density at radius 1 is 1.17 bits per heavy atom. The number of hydrogen-bond donors (Lipinski definition) is 1. The number of amides is 2. The number of nitrogens with zero attached hydrogens (tertiary/aromatic N) is 3. The van der Waals surface area contributed by atoms with E-state index in [-0.39, 0.29) is 17.2 Å². The molecule has 29 heavy (non-hydrogen) atoms. The molecule has 156 valence electrons. The van der Waals surface area contributed by atoms with Crippen molar-refractivity contribution in [3.05, 3.63) is 47.7 Å². The average Bonchev–Trinajstić information content (AvgIpc) is 3.29. The molecule has 1 aliphatic heterocycles. The first-order valence-electron chi connectivity index (χ1n) is 9.95. The molecule has 1 aromatic carbocycles. The van der Waals surface area contributed by atoms with Crippen molar-refractivity contribution >= 4 is 17.6 Å². The first-order valence-corrected chi connectivity index (χ1v) is 9.95. The lowest BCUT2D eigenvalue weighted by atomic mass is 9.92. The normalized spacial score (nSPS) is 19.2. The molecule has 7 heteroatoms. The molecule has 3 rings (SSSR count). The molecule has 0 bridgehead atoms. The maximum absolute atomic E-state index is 12.8. The zero-order chi connectivity index (χ0) is 21.2. The van der Waals surface area contributed by atoms with Gasteiger partial charge < -0.3 is 15.0 Å². The Morgan fingerprint density at radius 3 is 2.45 bits per heavy atom. The summed E-state index contributed by atoms with van der Waals surface area (Å²) in [6.07, 6.45) is -0.122. The smallest absolute Gasteiger partial charge is 0.254 e. The topological polar surface area (TPSA) is 76.5 Å². The number of nitrogens with one attached hydrogen (secondary N) is 1. The van der Waals surface area contributed by atoms with Crippen molar-refractivity contribution < 1.29 is 14.3 Å². The van der Waals surface area contributed by atoms with Crippen LogP contribution in [0.4, 0.5) is 5.82 Å². The predicted octanol–water partition coefficient (Wildman–Crippen LogP) is 2.80. The number of carbonyl (C=O) groups is 2. The predicted molar refractivity (Wildman–Crippen MR) is 112 cm³/mol. The summed E-state index contributed by atoms with van der Waals surface area (Å²) in [4.78, 5) is 26.4. The molecule has 0 unspecified atom stereocenters. The number of likely N-dealkylation sites (N-methyl/N-ethyl adjacent to an activating group) is 1. The van der Waals surface area contributed by atoms with Crippen molar-refractivity contribution in [3.8, 4) is 0 Å². The van der Waals surface area contributed by atoms with Crippen LogP contribution in [0.3, 0.4) is 0 Å². The third-order valence-electron chi connectivity index (χ3n) is 5.00. The van der Waals surface area contributed by atoms with E-state index >= 15 is 0 Å². The van der Waals surface area contributed by atoms with Crippen LogP contribution in [0.5, 0.6) is 0 Å². The van der Waals surface area contributed by atoms with Crippen LogP contribution >= 0.6 is 0 Å². The molecule has 0 saturated carbocycles. The number of anilines is 1. The van der Waals surface area contributed by atoms with Crippen molar-refractivity contribution in [2.75, 3.05) is 19.4 Å². The Labute approximate surface area is 172 Å². The van der Waals surface area contributed by atoms with E-state index in [0.29, 0.717) is 25.2 Å². The molecule has 2 atom stereocenters. The average molecular weight is 399 g/mol. The zero-order valence-electron chi connectivity index (χ0n) is 17.8. The number of hydrogen-bond acceptors (Lipinski definition) is 4. The summed E-state index contributed by atoms with van der Waals surface area (Å²) in [6, 6.07) is 11.9. The lowest BCUT2D eigenvalue weighted by molar-refractivity contribution is -0.143. The summed E-state index contributed by atoms with van der Waals surface area (Å²) in [5.74, 6) is 0.285. The quantitative estimate of drug-likeness (QED) is 0.840. The Morgan fingerprint density at radius 2 is 1.83 bits per heavy atom. The number of rotatable bonds is 5. The largest absolute Gasteiger partial charge is 0.355 e. The van der Waals surface area contributed by atoms with Gasteiger partial charge in [-0.1, -0.05) is 51.1 Å². The molecular formula is C22H30N4O3. The van der Waals surface area contributed by atoms with E-state index in [1.165, 1.54) is 4.90 Å². The molecule has 0 radical (unpaired) electrons. The number of ether oxygens (including phenoxy) is 1. The molecular weight excluding hydrogens is 368 g/mol. The first kappa shape index (κ1) is 21.0. The van der Waals surface area contributed by atoms with E-state index in [2.05, 4.69) is 26.1 Å². The molecule has 7 nitrogen and oxygen atoms in total. The fraction of sp³-hybridized carbons (Fsp3) is 0.500. The molecule has 2 aromatic rings. The minimum absolute atomic E-state index is 0.107. The third-order valence-corrected chi connectivity index (χ3v) is 5.00. The monoisotopic (exact) mass is 398 g/mol. The molecule has 1 fully saturated rings. The van der Waals surface area contributed by atoms with Crippen LogP contribution in [-0.2, 0) is 26.3 Å². The molecule has 1 aliphatic rings. The minimum atomic E-state index is -0.637. The maximum Gasteiger partial charge on any atom is 0.254 e. The highest BCUT2D eigenvalue weighted by Gasteiger charge is 2.36. The van der Waals surface area contributed by atoms with E-state index in [0.717, 1.165) is 11.3 Å². The Kier molecular flexibility index (Phi) is 6.07. The second kappa shape index (κ2) is 8.37. The van der Waals surface area contributed by atoms with E-state index < -0.39 is 12.2 Å². The van der Waals surface area contributed by atoms with Crippen molar-refractivity contribution in [3.63, 3.8) is 0 Å². The van der Waals surface area contributed by atoms with Gasteiger partial charge in [-0.15, -0.1) is 0 Å². The van der Waals surface area contributed by atoms with Gasteiger partial charge >= 0.3 is 0 Å². The van der Waals surface area contributed by atoms with Gasteiger partial charge in [-0.3, -0.25) is 9.59 Å². The summed E-state index contributed by atoms with van der Waals surface area (Å²) in [5.41, 5.74) is 1.85. The molecule has 0 aliphatic carbocycles. The van der Waals surface area contributed by atoms with Gasteiger partial charge in [0.05, 0.1) is 12.2 Å². The van der Waals surface area contributed by atoms with Gasteiger partial charge in [0.15, 0.2) is 0 Å². The second-order valence-electron chi connectivity index (χ2n) is 8.72. The highest BCUT2D eigenvalue weighted by atomic mass is 16.5. The van der Waals surface area contributed by atoms with Crippen LogP contribution < -0.4 is 5.32 Å². The lowest BCUT2D eigenvalue weighted by Crippen LogP contribution is -2.36. The highest BCUT2D eigenvalue weighted by molar-refractivity contribution is 5.94. The van der Waals surface area contributed by atoms with Gasteiger partial charge in [-0.25, -0.2) is 4.68 Å². The van der Waals surface area contributed by atoms with Crippen LogP contribution in [0, 0.1) is 0 Å². The summed E-state index contributed by atoms with van der Waals surface area (Å²) in [6.45, 7) is 6.82. The van der Waals surface area contributed by atoms with Gasteiger partial charge in [0, 0.05) is 25.6 Å². The lowest BCUT2D eigenvalue weighted by Gasteiger charge is -2.17. The molecule has 2 heterocycles. The first-order chi connectivity index (χ1) is 13.6. The van der Waals surface area contributed by atoms with Gasteiger partial charge in [-0.05, 0) is 18.4 Å². The van der Waals surface area contributed by atoms with E-state index in [4.69, 9.17) is 9.84 Å². The number of benzene rings is 1. The third kappa shape index (κ3) is 5.03. The fourth-order valence-electron chi connectivity index (χ4n) is 3.27. The van der Waals surface area contributed by atoms with Crippen LogP contribution in [0.25, 0.3) is 0 Å². The Hall–Kier alpha value is -2.67. The Bertz CT molecular complexity index is 868. The minimum Gasteiger partial charge on any atom is -0.355 e. The van der Waals surface area contributed by atoms with Crippen LogP contribution in [-0.4, -0.2) is 52.8 Å². The van der Waals surface area contributed by atoms with Crippen LogP contribution in [0.15, 0.2) is 36.4 Å².